The number of thiophene rings is 1. The van der Waals surface area contributed by atoms with Crippen LogP contribution in [0.1, 0.15) is 5.56 Å². The molecule has 0 bridgehead atoms. The van der Waals surface area contributed by atoms with Crippen molar-refractivity contribution in [2.45, 2.75) is 6.54 Å². The average molecular weight is 366 g/mol. The molecule has 0 unspecified atom stereocenters. The Morgan fingerprint density at radius 2 is 1.68 bits per heavy atom. The Morgan fingerprint density at radius 1 is 0.880 bits per heavy atom. The van der Waals surface area contributed by atoms with Crippen molar-refractivity contribution in [3.05, 3.63) is 93.7 Å². The van der Waals surface area contributed by atoms with Gasteiger partial charge in [-0.25, -0.2) is 9.38 Å². The van der Waals surface area contributed by atoms with Crippen LogP contribution in [-0.2, 0) is 6.54 Å². The number of nitrogens with zero attached hydrogens (tertiary/aromatic N) is 2. The van der Waals surface area contributed by atoms with E-state index < -0.39 is 0 Å². The van der Waals surface area contributed by atoms with Gasteiger partial charge in [-0.1, -0.05) is 48.5 Å². The smallest absolute Gasteiger partial charge is 0.190 e. The molecule has 2 aromatic carbocycles. The van der Waals surface area contributed by atoms with Gasteiger partial charge in [0.15, 0.2) is 4.80 Å². The van der Waals surface area contributed by atoms with Crippen LogP contribution in [0.5, 0.6) is 0 Å². The summed E-state index contributed by atoms with van der Waals surface area (Å²) >= 11 is 3.23. The quantitative estimate of drug-likeness (QED) is 0.441. The van der Waals surface area contributed by atoms with Crippen molar-refractivity contribution in [2.24, 2.45) is 4.99 Å². The summed E-state index contributed by atoms with van der Waals surface area (Å²) in [5, 5.41) is 4.15. The van der Waals surface area contributed by atoms with Crippen LogP contribution in [-0.4, -0.2) is 4.57 Å². The summed E-state index contributed by atoms with van der Waals surface area (Å²) in [5.41, 5.74) is 2.66. The first-order valence-corrected chi connectivity index (χ1v) is 9.62. The second-order valence-corrected chi connectivity index (χ2v) is 7.30. The highest BCUT2D eigenvalue weighted by molar-refractivity contribution is 7.14. The topological polar surface area (TPSA) is 17.3 Å². The zero-order valence-corrected chi connectivity index (χ0v) is 14.9. The lowest BCUT2D eigenvalue weighted by Gasteiger charge is -2.08. The second kappa shape index (κ2) is 7.17. The number of para-hydroxylation sites is 1. The average Bonchev–Trinajstić information content (AvgIpc) is 3.28. The maximum atomic E-state index is 14.0. The van der Waals surface area contributed by atoms with Gasteiger partial charge >= 0.3 is 0 Å². The summed E-state index contributed by atoms with van der Waals surface area (Å²) in [5.74, 6) is -0.306. The van der Waals surface area contributed by atoms with Crippen LogP contribution >= 0.6 is 22.7 Å². The van der Waals surface area contributed by atoms with Crippen LogP contribution in [0.25, 0.3) is 10.6 Å². The number of hydrogen-bond acceptors (Lipinski definition) is 3. The summed E-state index contributed by atoms with van der Waals surface area (Å²) in [4.78, 5) is 6.55. The highest BCUT2D eigenvalue weighted by Gasteiger charge is 2.10. The van der Waals surface area contributed by atoms with Crippen molar-refractivity contribution in [3.63, 3.8) is 0 Å². The molecular weight excluding hydrogens is 351 g/mol. The summed E-state index contributed by atoms with van der Waals surface area (Å²) < 4.78 is 16.2. The van der Waals surface area contributed by atoms with Crippen molar-refractivity contribution >= 4 is 28.4 Å². The normalized spacial score (nSPS) is 11.8. The first kappa shape index (κ1) is 16.0. The zero-order chi connectivity index (χ0) is 17.1. The Bertz CT molecular complexity index is 1030. The van der Waals surface area contributed by atoms with Gasteiger partial charge in [-0.05, 0) is 29.1 Å². The van der Waals surface area contributed by atoms with E-state index in [0.29, 0.717) is 12.2 Å². The fraction of sp³-hybridized carbons (Fsp3) is 0.0500. The van der Waals surface area contributed by atoms with Gasteiger partial charge in [0, 0.05) is 5.38 Å². The van der Waals surface area contributed by atoms with Crippen LogP contribution in [0.3, 0.4) is 0 Å². The van der Waals surface area contributed by atoms with Gasteiger partial charge in [0.25, 0.3) is 0 Å². The molecule has 0 spiro atoms. The molecule has 25 heavy (non-hydrogen) atoms. The minimum Gasteiger partial charge on any atom is -0.311 e. The first-order chi connectivity index (χ1) is 12.3. The Balaban J connectivity index is 1.86. The largest absolute Gasteiger partial charge is 0.311 e. The van der Waals surface area contributed by atoms with Gasteiger partial charge < -0.3 is 4.57 Å². The predicted molar refractivity (Wildman–Crippen MR) is 103 cm³/mol. The molecule has 2 nitrogen and oxygen atoms in total. The number of halogens is 1. The Morgan fingerprint density at radius 3 is 2.44 bits per heavy atom. The van der Waals surface area contributed by atoms with Gasteiger partial charge in [0.2, 0.25) is 0 Å². The lowest BCUT2D eigenvalue weighted by Crippen LogP contribution is -2.16. The Hall–Kier alpha value is -2.50. The lowest BCUT2D eigenvalue weighted by atomic mass is 10.2. The molecule has 2 heterocycles. The number of aromatic nitrogens is 1. The summed E-state index contributed by atoms with van der Waals surface area (Å²) in [7, 11) is 0. The van der Waals surface area contributed by atoms with Crippen LogP contribution in [0.4, 0.5) is 10.1 Å². The molecule has 0 amide bonds. The summed E-state index contributed by atoms with van der Waals surface area (Å²) in [6.07, 6.45) is 0. The molecule has 4 rings (SSSR count). The third-order valence-electron chi connectivity index (χ3n) is 3.82. The van der Waals surface area contributed by atoms with Crippen molar-refractivity contribution < 1.29 is 4.39 Å². The van der Waals surface area contributed by atoms with Gasteiger partial charge in [-0.2, -0.15) is 0 Å². The minimum atomic E-state index is -0.306. The van der Waals surface area contributed by atoms with Crippen molar-refractivity contribution in [3.8, 4) is 10.6 Å². The van der Waals surface area contributed by atoms with Crippen LogP contribution in [0, 0.1) is 5.82 Å². The number of rotatable bonds is 4. The lowest BCUT2D eigenvalue weighted by molar-refractivity contribution is 0.628. The molecule has 0 saturated heterocycles. The van der Waals surface area contributed by atoms with E-state index in [1.165, 1.54) is 27.8 Å². The second-order valence-electron chi connectivity index (χ2n) is 5.52. The van der Waals surface area contributed by atoms with Crippen LogP contribution in [0.2, 0.25) is 0 Å². The fourth-order valence-corrected chi connectivity index (χ4v) is 4.34. The van der Waals surface area contributed by atoms with Gasteiger partial charge in [-0.3, -0.25) is 0 Å². The van der Waals surface area contributed by atoms with E-state index in [1.807, 2.05) is 24.3 Å². The number of benzene rings is 2. The molecule has 4 aromatic rings. The SMILES string of the molecule is Fc1ccccc1N=c1scc(-c2cccs2)n1Cc1ccccc1. The molecule has 0 radical (unpaired) electrons. The van der Waals surface area contributed by atoms with E-state index in [2.05, 4.69) is 38.5 Å². The van der Waals surface area contributed by atoms with E-state index in [4.69, 9.17) is 0 Å². The van der Waals surface area contributed by atoms with Crippen LogP contribution < -0.4 is 4.80 Å². The maximum Gasteiger partial charge on any atom is 0.190 e. The molecule has 0 atom stereocenters. The summed E-state index contributed by atoms with van der Waals surface area (Å²) in [6, 6.07) is 21.0. The molecule has 2 aromatic heterocycles. The van der Waals surface area contributed by atoms with Crippen molar-refractivity contribution in [1.29, 1.82) is 0 Å². The van der Waals surface area contributed by atoms with Gasteiger partial charge in [0.1, 0.15) is 11.5 Å². The molecule has 0 aliphatic carbocycles. The van der Waals surface area contributed by atoms with Crippen molar-refractivity contribution in [2.75, 3.05) is 0 Å². The molecule has 0 aliphatic rings. The molecule has 0 aliphatic heterocycles. The number of thiazole rings is 1. The van der Waals surface area contributed by atoms with Crippen molar-refractivity contribution in [1.82, 2.24) is 4.57 Å². The minimum absolute atomic E-state index is 0.306. The molecule has 0 N–H and O–H groups in total. The monoisotopic (exact) mass is 366 g/mol. The number of hydrogen-bond donors (Lipinski definition) is 0. The summed E-state index contributed by atoms with van der Waals surface area (Å²) in [6.45, 7) is 0.699. The standard InChI is InChI=1S/C20H15FN2S2/c21-16-9-4-5-10-17(16)22-20-23(13-15-7-2-1-3-8-15)18(14-25-20)19-11-6-12-24-19/h1-12,14H,13H2. The van der Waals surface area contributed by atoms with Gasteiger partial charge in [0.05, 0.1) is 17.1 Å². The first-order valence-electron chi connectivity index (χ1n) is 7.86. The van der Waals surface area contributed by atoms with E-state index in [1.54, 1.807) is 29.5 Å². The van der Waals surface area contributed by atoms with E-state index in [0.717, 1.165) is 10.5 Å². The third kappa shape index (κ3) is 3.48. The van der Waals surface area contributed by atoms with E-state index in [-0.39, 0.29) is 5.82 Å². The van der Waals surface area contributed by atoms with Gasteiger partial charge in [-0.15, -0.1) is 22.7 Å². The van der Waals surface area contributed by atoms with Crippen LogP contribution in [0.15, 0.2) is 82.5 Å². The predicted octanol–water partition coefficient (Wildman–Crippen LogP) is 5.70. The molecule has 124 valence electrons. The molecular formula is C20H15FN2S2. The molecule has 0 fully saturated rings. The highest BCUT2D eigenvalue weighted by Crippen LogP contribution is 2.26. The fourth-order valence-electron chi connectivity index (χ4n) is 2.61. The Labute approximate surface area is 153 Å². The highest BCUT2D eigenvalue weighted by atomic mass is 32.1. The third-order valence-corrected chi connectivity index (χ3v) is 5.58. The van der Waals surface area contributed by atoms with E-state index >= 15 is 0 Å². The maximum absolute atomic E-state index is 14.0. The van der Waals surface area contributed by atoms with E-state index in [9.17, 15) is 4.39 Å². The molecule has 0 saturated carbocycles. The molecule has 5 heteroatoms. The Kier molecular flexibility index (Phi) is 4.59. The zero-order valence-electron chi connectivity index (χ0n) is 13.3.